The average molecular weight is 258 g/mol. The fourth-order valence-electron chi connectivity index (χ4n) is 2.14. The Morgan fingerprint density at radius 3 is 2.56 bits per heavy atom. The van der Waals surface area contributed by atoms with Crippen LogP contribution in [0, 0.1) is 11.3 Å². The van der Waals surface area contributed by atoms with E-state index in [1.807, 2.05) is 0 Å². The fourth-order valence-corrected chi connectivity index (χ4v) is 2.14. The van der Waals surface area contributed by atoms with Crippen molar-refractivity contribution in [3.63, 3.8) is 0 Å². The van der Waals surface area contributed by atoms with E-state index in [-0.39, 0.29) is 12.5 Å². The molecule has 1 atom stereocenters. The molecule has 1 rings (SSSR count). The number of rotatable bonds is 6. The first-order valence-corrected chi connectivity index (χ1v) is 6.22. The minimum Gasteiger partial charge on any atom is -0.481 e. The Hall–Kier alpha value is -1.14. The monoisotopic (exact) mass is 258 g/mol. The predicted octanol–water partition coefficient (Wildman–Crippen LogP) is -0.160. The largest absolute Gasteiger partial charge is 0.481 e. The lowest BCUT2D eigenvalue weighted by atomic mass is 9.78. The highest BCUT2D eigenvalue weighted by atomic mass is 16.5. The SMILES string of the molecule is COCC1(C(=O)NCC(C)C(=O)O)CCNCC1. The van der Waals surface area contributed by atoms with Gasteiger partial charge in [0.15, 0.2) is 0 Å². The van der Waals surface area contributed by atoms with Crippen molar-refractivity contribution >= 4 is 11.9 Å². The summed E-state index contributed by atoms with van der Waals surface area (Å²) < 4.78 is 5.16. The van der Waals surface area contributed by atoms with Crippen LogP contribution in [-0.2, 0) is 14.3 Å². The first kappa shape index (κ1) is 14.9. The van der Waals surface area contributed by atoms with Crippen LogP contribution in [-0.4, -0.2) is 50.3 Å². The molecule has 6 nitrogen and oxygen atoms in total. The highest BCUT2D eigenvalue weighted by Crippen LogP contribution is 2.29. The number of aliphatic carboxylic acids is 1. The molecule has 1 heterocycles. The van der Waals surface area contributed by atoms with Gasteiger partial charge in [-0.2, -0.15) is 0 Å². The molecule has 104 valence electrons. The Morgan fingerprint density at radius 1 is 1.44 bits per heavy atom. The summed E-state index contributed by atoms with van der Waals surface area (Å²) in [5.41, 5.74) is -0.516. The normalized spacial score (nSPS) is 20.1. The average Bonchev–Trinajstić information content (AvgIpc) is 2.36. The fraction of sp³-hybridized carbons (Fsp3) is 0.833. The van der Waals surface area contributed by atoms with Gasteiger partial charge in [0, 0.05) is 13.7 Å². The van der Waals surface area contributed by atoms with Crippen molar-refractivity contribution in [3.05, 3.63) is 0 Å². The molecule has 1 fully saturated rings. The van der Waals surface area contributed by atoms with Gasteiger partial charge in [0.05, 0.1) is 17.9 Å². The summed E-state index contributed by atoms with van der Waals surface area (Å²) in [5.74, 6) is -1.57. The first-order valence-electron chi connectivity index (χ1n) is 6.22. The second kappa shape index (κ2) is 6.70. The van der Waals surface area contributed by atoms with E-state index in [0.717, 1.165) is 13.1 Å². The summed E-state index contributed by atoms with van der Waals surface area (Å²) in [5, 5.41) is 14.7. The molecule has 3 N–H and O–H groups in total. The van der Waals surface area contributed by atoms with E-state index in [1.54, 1.807) is 14.0 Å². The van der Waals surface area contributed by atoms with Crippen LogP contribution in [0.25, 0.3) is 0 Å². The molecule has 0 saturated carbocycles. The topological polar surface area (TPSA) is 87.7 Å². The Morgan fingerprint density at radius 2 is 2.06 bits per heavy atom. The van der Waals surface area contributed by atoms with Crippen LogP contribution in [0.1, 0.15) is 19.8 Å². The van der Waals surface area contributed by atoms with E-state index in [2.05, 4.69) is 10.6 Å². The zero-order valence-corrected chi connectivity index (χ0v) is 11.0. The second-order valence-corrected chi connectivity index (χ2v) is 4.91. The van der Waals surface area contributed by atoms with Crippen molar-refractivity contribution in [1.82, 2.24) is 10.6 Å². The Kier molecular flexibility index (Phi) is 5.55. The third kappa shape index (κ3) is 3.68. The number of hydrogen-bond acceptors (Lipinski definition) is 4. The number of carboxylic acids is 1. The first-order chi connectivity index (χ1) is 8.52. The van der Waals surface area contributed by atoms with Gasteiger partial charge in [-0.05, 0) is 25.9 Å². The van der Waals surface area contributed by atoms with Gasteiger partial charge in [-0.15, -0.1) is 0 Å². The maximum Gasteiger partial charge on any atom is 0.308 e. The third-order valence-corrected chi connectivity index (χ3v) is 3.45. The van der Waals surface area contributed by atoms with Crippen LogP contribution in [0.3, 0.4) is 0 Å². The number of ether oxygens (including phenoxy) is 1. The van der Waals surface area contributed by atoms with Gasteiger partial charge in [0.25, 0.3) is 0 Å². The van der Waals surface area contributed by atoms with Gasteiger partial charge >= 0.3 is 5.97 Å². The molecule has 0 aromatic rings. The van der Waals surface area contributed by atoms with Gasteiger partial charge in [-0.25, -0.2) is 0 Å². The van der Waals surface area contributed by atoms with Crippen molar-refractivity contribution in [2.24, 2.45) is 11.3 Å². The molecule has 0 aliphatic carbocycles. The van der Waals surface area contributed by atoms with Crippen molar-refractivity contribution in [2.75, 3.05) is 33.4 Å². The van der Waals surface area contributed by atoms with Crippen molar-refractivity contribution in [3.8, 4) is 0 Å². The highest BCUT2D eigenvalue weighted by molar-refractivity contribution is 5.83. The smallest absolute Gasteiger partial charge is 0.308 e. The Labute approximate surface area is 107 Å². The van der Waals surface area contributed by atoms with Crippen molar-refractivity contribution in [1.29, 1.82) is 0 Å². The summed E-state index contributed by atoms with van der Waals surface area (Å²) >= 11 is 0. The minimum absolute atomic E-state index is 0.0982. The molecule has 0 aromatic heterocycles. The number of amides is 1. The van der Waals surface area contributed by atoms with Gasteiger partial charge < -0.3 is 20.5 Å². The summed E-state index contributed by atoms with van der Waals surface area (Å²) in [6.45, 7) is 3.68. The maximum absolute atomic E-state index is 12.2. The van der Waals surface area contributed by atoms with E-state index in [9.17, 15) is 9.59 Å². The highest BCUT2D eigenvalue weighted by Gasteiger charge is 2.39. The number of piperidine rings is 1. The van der Waals surface area contributed by atoms with Crippen LogP contribution >= 0.6 is 0 Å². The van der Waals surface area contributed by atoms with Gasteiger partial charge in [-0.1, -0.05) is 6.92 Å². The molecule has 1 unspecified atom stereocenters. The molecule has 0 bridgehead atoms. The number of nitrogens with one attached hydrogen (secondary N) is 2. The van der Waals surface area contributed by atoms with E-state index in [1.165, 1.54) is 0 Å². The lowest BCUT2D eigenvalue weighted by Crippen LogP contribution is -2.51. The molecule has 0 spiro atoms. The zero-order chi connectivity index (χ0) is 13.6. The van der Waals surface area contributed by atoms with Gasteiger partial charge in [0.1, 0.15) is 0 Å². The lowest BCUT2D eigenvalue weighted by molar-refractivity contribution is -0.141. The standard InChI is InChI=1S/C12H22N2O4/c1-9(10(15)16)7-14-11(17)12(8-18-2)3-5-13-6-4-12/h9,13H,3-8H2,1-2H3,(H,14,17)(H,15,16). The summed E-state index contributed by atoms with van der Waals surface area (Å²) in [6.07, 6.45) is 1.43. The van der Waals surface area contributed by atoms with E-state index in [0.29, 0.717) is 19.4 Å². The number of carboxylic acid groups (broad SMARTS) is 1. The maximum atomic E-state index is 12.2. The van der Waals surface area contributed by atoms with E-state index < -0.39 is 17.3 Å². The Balaban J connectivity index is 2.57. The molecule has 0 radical (unpaired) electrons. The summed E-state index contributed by atoms with van der Waals surface area (Å²) in [6, 6.07) is 0. The predicted molar refractivity (Wildman–Crippen MR) is 66.2 cm³/mol. The van der Waals surface area contributed by atoms with E-state index >= 15 is 0 Å². The van der Waals surface area contributed by atoms with Crippen LogP contribution in [0.2, 0.25) is 0 Å². The summed E-state index contributed by atoms with van der Waals surface area (Å²) in [4.78, 5) is 22.9. The van der Waals surface area contributed by atoms with Crippen LogP contribution < -0.4 is 10.6 Å². The minimum atomic E-state index is -0.901. The molecule has 1 aliphatic rings. The summed E-state index contributed by atoms with van der Waals surface area (Å²) in [7, 11) is 1.58. The van der Waals surface area contributed by atoms with Gasteiger partial charge in [-0.3, -0.25) is 9.59 Å². The third-order valence-electron chi connectivity index (χ3n) is 3.45. The molecule has 0 aromatic carbocycles. The van der Waals surface area contributed by atoms with Gasteiger partial charge in [0.2, 0.25) is 5.91 Å². The van der Waals surface area contributed by atoms with Crippen LogP contribution in [0.4, 0.5) is 0 Å². The number of carbonyl (C=O) groups is 2. The molecule has 6 heteroatoms. The molecular weight excluding hydrogens is 236 g/mol. The number of methoxy groups -OCH3 is 1. The number of carbonyl (C=O) groups excluding carboxylic acids is 1. The van der Waals surface area contributed by atoms with Crippen molar-refractivity contribution < 1.29 is 19.4 Å². The Bertz CT molecular complexity index is 295. The van der Waals surface area contributed by atoms with Crippen LogP contribution in [0.5, 0.6) is 0 Å². The molecule has 18 heavy (non-hydrogen) atoms. The van der Waals surface area contributed by atoms with Crippen molar-refractivity contribution in [2.45, 2.75) is 19.8 Å². The lowest BCUT2D eigenvalue weighted by Gasteiger charge is -2.35. The molecule has 1 amide bonds. The number of hydrogen-bond donors (Lipinski definition) is 3. The quantitative estimate of drug-likeness (QED) is 0.616. The molecule has 1 aliphatic heterocycles. The molecular formula is C12H22N2O4. The molecule has 1 saturated heterocycles. The zero-order valence-electron chi connectivity index (χ0n) is 11.0. The second-order valence-electron chi connectivity index (χ2n) is 4.91. The van der Waals surface area contributed by atoms with Crippen LogP contribution in [0.15, 0.2) is 0 Å². The van der Waals surface area contributed by atoms with E-state index in [4.69, 9.17) is 9.84 Å².